The summed E-state index contributed by atoms with van der Waals surface area (Å²) in [5.41, 5.74) is 1.97. The van der Waals surface area contributed by atoms with Crippen molar-refractivity contribution in [1.82, 2.24) is 20.5 Å². The molecular weight excluding hydrogens is 320 g/mol. The van der Waals surface area contributed by atoms with Crippen molar-refractivity contribution < 1.29 is 14.3 Å². The van der Waals surface area contributed by atoms with Crippen molar-refractivity contribution >= 4 is 6.03 Å². The Morgan fingerprint density at radius 2 is 2.12 bits per heavy atom. The average molecular weight is 348 g/mol. The predicted molar refractivity (Wildman–Crippen MR) is 94.3 cm³/mol. The third-order valence-electron chi connectivity index (χ3n) is 4.92. The van der Waals surface area contributed by atoms with Crippen molar-refractivity contribution in [2.75, 3.05) is 46.1 Å². The number of rotatable bonds is 6. The van der Waals surface area contributed by atoms with E-state index >= 15 is 0 Å². The Kier molecular flexibility index (Phi) is 6.61. The second kappa shape index (κ2) is 9.12. The van der Waals surface area contributed by atoms with Gasteiger partial charge in [-0.05, 0) is 25.0 Å². The zero-order chi connectivity index (χ0) is 17.5. The first-order chi connectivity index (χ1) is 12.2. The summed E-state index contributed by atoms with van der Waals surface area (Å²) in [6, 6.07) is 4.09. The van der Waals surface area contributed by atoms with Gasteiger partial charge in [0.25, 0.3) is 0 Å². The minimum Gasteiger partial charge on any atom is -0.381 e. The van der Waals surface area contributed by atoms with Crippen LogP contribution in [0.5, 0.6) is 0 Å². The maximum absolute atomic E-state index is 12.2. The molecule has 2 N–H and O–H groups in total. The van der Waals surface area contributed by atoms with E-state index in [0.717, 1.165) is 57.2 Å². The first-order valence-electron chi connectivity index (χ1n) is 9.05. The van der Waals surface area contributed by atoms with E-state index in [2.05, 4.69) is 20.5 Å². The molecule has 0 radical (unpaired) electrons. The molecule has 2 amide bonds. The molecule has 1 aromatic rings. The van der Waals surface area contributed by atoms with Crippen molar-refractivity contribution in [2.45, 2.75) is 25.9 Å². The molecule has 2 aliphatic heterocycles. The van der Waals surface area contributed by atoms with Gasteiger partial charge in [0.1, 0.15) is 0 Å². The molecule has 2 fully saturated rings. The summed E-state index contributed by atoms with van der Waals surface area (Å²) < 4.78 is 11.0. The molecule has 2 aliphatic rings. The lowest BCUT2D eigenvalue weighted by Crippen LogP contribution is -2.53. The minimum atomic E-state index is -0.141. The highest BCUT2D eigenvalue weighted by molar-refractivity contribution is 5.73. The first-order valence-corrected chi connectivity index (χ1v) is 9.05. The number of hydrogen-bond acceptors (Lipinski definition) is 5. The van der Waals surface area contributed by atoms with Crippen LogP contribution in [0.3, 0.4) is 0 Å². The van der Waals surface area contributed by atoms with Gasteiger partial charge in [-0.2, -0.15) is 0 Å². The Bertz CT molecular complexity index is 540. The maximum atomic E-state index is 12.2. The van der Waals surface area contributed by atoms with Crippen molar-refractivity contribution in [3.8, 4) is 0 Å². The lowest BCUT2D eigenvalue weighted by Gasteiger charge is -2.37. The topological polar surface area (TPSA) is 75.7 Å². The zero-order valence-corrected chi connectivity index (χ0v) is 14.9. The molecule has 2 atom stereocenters. The van der Waals surface area contributed by atoms with Gasteiger partial charge in [-0.25, -0.2) is 4.79 Å². The number of morpholine rings is 1. The van der Waals surface area contributed by atoms with Gasteiger partial charge < -0.3 is 20.1 Å². The second-order valence-electron chi connectivity index (χ2n) is 6.71. The van der Waals surface area contributed by atoms with E-state index in [1.165, 1.54) is 0 Å². The fraction of sp³-hybridized carbons (Fsp3) is 0.667. The number of aromatic nitrogens is 1. The molecule has 0 saturated carbocycles. The molecule has 0 bridgehead atoms. The molecule has 0 aliphatic carbocycles. The number of aryl methyl sites for hydroxylation is 1. The van der Waals surface area contributed by atoms with E-state index in [0.29, 0.717) is 25.0 Å². The number of ether oxygens (including phenoxy) is 2. The molecule has 0 aromatic carbocycles. The molecule has 138 valence electrons. The van der Waals surface area contributed by atoms with Crippen molar-refractivity contribution in [1.29, 1.82) is 0 Å². The summed E-state index contributed by atoms with van der Waals surface area (Å²) in [7, 11) is 0. The van der Waals surface area contributed by atoms with Crippen LogP contribution in [0.1, 0.15) is 17.7 Å². The van der Waals surface area contributed by atoms with E-state index in [9.17, 15) is 4.79 Å². The van der Waals surface area contributed by atoms with Gasteiger partial charge in [0.15, 0.2) is 0 Å². The molecule has 3 rings (SSSR count). The number of pyridine rings is 1. The quantitative estimate of drug-likeness (QED) is 0.800. The molecule has 0 spiro atoms. The van der Waals surface area contributed by atoms with Crippen LogP contribution in [0.4, 0.5) is 4.79 Å². The fourth-order valence-corrected chi connectivity index (χ4v) is 3.40. The smallest absolute Gasteiger partial charge is 0.315 e. The highest BCUT2D eigenvalue weighted by Gasteiger charge is 2.31. The summed E-state index contributed by atoms with van der Waals surface area (Å²) in [4.78, 5) is 18.8. The normalized spacial score (nSPS) is 22.5. The van der Waals surface area contributed by atoms with Crippen LogP contribution < -0.4 is 10.6 Å². The average Bonchev–Trinajstić information content (AvgIpc) is 3.17. The molecular formula is C18H28N4O3. The van der Waals surface area contributed by atoms with E-state index in [4.69, 9.17) is 9.47 Å². The lowest BCUT2D eigenvalue weighted by atomic mass is 9.97. The van der Waals surface area contributed by atoms with Crippen LogP contribution >= 0.6 is 0 Å². The largest absolute Gasteiger partial charge is 0.381 e. The number of urea groups is 1. The SMILES string of the molecule is Cc1ccc(CNC(=O)NC[C@H]([C@@H]2CCOC2)N2CCOCC2)cn1. The Morgan fingerprint density at radius 1 is 1.28 bits per heavy atom. The van der Waals surface area contributed by atoms with Gasteiger partial charge >= 0.3 is 6.03 Å². The van der Waals surface area contributed by atoms with Crippen LogP contribution in [-0.2, 0) is 16.0 Å². The molecule has 0 unspecified atom stereocenters. The van der Waals surface area contributed by atoms with Gasteiger partial charge in [0.2, 0.25) is 0 Å². The molecule has 25 heavy (non-hydrogen) atoms. The number of carbonyl (C=O) groups excluding carboxylic acids is 1. The highest BCUT2D eigenvalue weighted by atomic mass is 16.5. The Labute approximate surface area is 149 Å². The predicted octanol–water partition coefficient (Wildman–Crippen LogP) is 0.927. The molecule has 2 saturated heterocycles. The van der Waals surface area contributed by atoms with Crippen LogP contribution in [0.2, 0.25) is 0 Å². The van der Waals surface area contributed by atoms with Crippen LogP contribution in [0.15, 0.2) is 18.3 Å². The van der Waals surface area contributed by atoms with Crippen LogP contribution in [-0.4, -0.2) is 68.0 Å². The summed E-state index contributed by atoms with van der Waals surface area (Å²) >= 11 is 0. The van der Waals surface area contributed by atoms with Crippen molar-refractivity contribution in [3.63, 3.8) is 0 Å². The summed E-state index contributed by atoms with van der Waals surface area (Å²) in [5.74, 6) is 0.472. The molecule has 7 nitrogen and oxygen atoms in total. The number of amides is 2. The third kappa shape index (κ3) is 5.39. The third-order valence-corrected chi connectivity index (χ3v) is 4.92. The Morgan fingerprint density at radius 3 is 2.80 bits per heavy atom. The van der Waals surface area contributed by atoms with Gasteiger partial charge in [0, 0.05) is 56.6 Å². The Hall–Kier alpha value is -1.70. The van der Waals surface area contributed by atoms with Gasteiger partial charge in [-0.15, -0.1) is 0 Å². The van der Waals surface area contributed by atoms with Gasteiger partial charge in [-0.1, -0.05) is 6.07 Å². The summed E-state index contributed by atoms with van der Waals surface area (Å²) in [5, 5.41) is 5.93. The Balaban J connectivity index is 1.47. The molecule has 7 heteroatoms. The van der Waals surface area contributed by atoms with Crippen LogP contribution in [0, 0.1) is 12.8 Å². The van der Waals surface area contributed by atoms with Crippen LogP contribution in [0.25, 0.3) is 0 Å². The fourth-order valence-electron chi connectivity index (χ4n) is 3.40. The standard InChI is InChI=1S/C18H28N4O3/c1-14-2-3-15(10-19-14)11-20-18(23)21-12-17(16-4-7-25-13-16)22-5-8-24-9-6-22/h2-3,10,16-17H,4-9,11-13H2,1H3,(H2,20,21,23)/t16-,17-/m1/s1. The monoisotopic (exact) mass is 348 g/mol. The minimum absolute atomic E-state index is 0.141. The van der Waals surface area contributed by atoms with Crippen molar-refractivity contribution in [3.05, 3.63) is 29.6 Å². The van der Waals surface area contributed by atoms with E-state index in [1.807, 2.05) is 19.1 Å². The van der Waals surface area contributed by atoms with E-state index in [-0.39, 0.29) is 6.03 Å². The maximum Gasteiger partial charge on any atom is 0.315 e. The zero-order valence-electron chi connectivity index (χ0n) is 14.9. The highest BCUT2D eigenvalue weighted by Crippen LogP contribution is 2.21. The number of nitrogens with one attached hydrogen (secondary N) is 2. The van der Waals surface area contributed by atoms with E-state index in [1.54, 1.807) is 6.20 Å². The lowest BCUT2D eigenvalue weighted by molar-refractivity contribution is 0.00212. The summed E-state index contributed by atoms with van der Waals surface area (Å²) in [6.45, 7) is 8.01. The van der Waals surface area contributed by atoms with Crippen molar-refractivity contribution in [2.24, 2.45) is 5.92 Å². The number of nitrogens with zero attached hydrogens (tertiary/aromatic N) is 2. The van der Waals surface area contributed by atoms with E-state index < -0.39 is 0 Å². The van der Waals surface area contributed by atoms with Gasteiger partial charge in [-0.3, -0.25) is 9.88 Å². The molecule has 1 aromatic heterocycles. The van der Waals surface area contributed by atoms with Gasteiger partial charge in [0.05, 0.1) is 19.8 Å². The second-order valence-corrected chi connectivity index (χ2v) is 6.71. The number of carbonyl (C=O) groups is 1. The molecule has 3 heterocycles. The summed E-state index contributed by atoms with van der Waals surface area (Å²) in [6.07, 6.45) is 2.85. The number of hydrogen-bond donors (Lipinski definition) is 2. The first kappa shape index (κ1) is 18.1.